The van der Waals surface area contributed by atoms with Crippen LogP contribution in [0.2, 0.25) is 0 Å². The smallest absolute Gasteiger partial charge is 0.271 e. The van der Waals surface area contributed by atoms with Crippen LogP contribution in [0.5, 0.6) is 5.75 Å². The fraction of sp³-hybridized carbons (Fsp3) is 0.250. The first-order valence-corrected chi connectivity index (χ1v) is 10.9. The van der Waals surface area contributed by atoms with Crippen LogP contribution in [-0.4, -0.2) is 65.8 Å². The highest BCUT2D eigenvalue weighted by Gasteiger charge is 2.19. The first kappa shape index (κ1) is 23.9. The predicted molar refractivity (Wildman–Crippen MR) is 126 cm³/mol. The third-order valence-corrected chi connectivity index (χ3v) is 5.50. The van der Waals surface area contributed by atoms with Crippen molar-refractivity contribution in [2.24, 2.45) is 5.73 Å². The number of carbonyl (C=O) groups excluding carboxylic acids is 3. The van der Waals surface area contributed by atoms with Gasteiger partial charge in [0, 0.05) is 30.8 Å². The molecule has 0 saturated carbocycles. The lowest BCUT2D eigenvalue weighted by Crippen LogP contribution is -2.43. The van der Waals surface area contributed by atoms with E-state index in [-0.39, 0.29) is 23.9 Å². The Balaban J connectivity index is 1.57. The van der Waals surface area contributed by atoms with E-state index in [4.69, 9.17) is 15.2 Å². The highest BCUT2D eigenvalue weighted by Crippen LogP contribution is 2.31. The quantitative estimate of drug-likeness (QED) is 0.554. The molecule has 1 aliphatic carbocycles. The van der Waals surface area contributed by atoms with Crippen LogP contribution in [0.25, 0.3) is 11.3 Å². The van der Waals surface area contributed by atoms with Gasteiger partial charge in [-0.05, 0) is 29.8 Å². The van der Waals surface area contributed by atoms with Crippen molar-refractivity contribution in [1.29, 1.82) is 0 Å². The Morgan fingerprint density at radius 3 is 2.80 bits per heavy atom. The molecule has 0 spiro atoms. The summed E-state index contributed by atoms with van der Waals surface area (Å²) in [5.74, 6) is -1.02. The second kappa shape index (κ2) is 10.8. The summed E-state index contributed by atoms with van der Waals surface area (Å²) >= 11 is 0. The fourth-order valence-corrected chi connectivity index (χ4v) is 3.74. The maximum atomic E-state index is 14.1. The van der Waals surface area contributed by atoms with Crippen molar-refractivity contribution < 1.29 is 28.2 Å². The standard InChI is InChI=1S/C24H24FN5O5/c25-17-5-7-21(35-14-22(32)29-8-10-34-11-9-29)19(12-17)16-2-1-3-18(6-4-16)30-13-20(27-15-31)23(28-30)24(26)33/h1-2,4-7,12-13,15H,3,8-11,14H2,(H2,26,33)(H,27,31). The Kier molecular flexibility index (Phi) is 7.36. The van der Waals surface area contributed by atoms with Gasteiger partial charge >= 0.3 is 0 Å². The molecule has 0 bridgehead atoms. The van der Waals surface area contributed by atoms with Crippen LogP contribution in [0, 0.1) is 5.82 Å². The summed E-state index contributed by atoms with van der Waals surface area (Å²) in [6.45, 7) is 1.82. The number of anilines is 1. The second-order valence-corrected chi connectivity index (χ2v) is 7.77. The number of allylic oxidation sites excluding steroid dienone is 6. The van der Waals surface area contributed by atoms with Crippen molar-refractivity contribution in [2.75, 3.05) is 38.2 Å². The van der Waals surface area contributed by atoms with Crippen LogP contribution in [0.3, 0.4) is 0 Å². The summed E-state index contributed by atoms with van der Waals surface area (Å²) in [5, 5.41) is 6.58. The van der Waals surface area contributed by atoms with Gasteiger partial charge in [0.2, 0.25) is 6.41 Å². The number of hydrogen-bond donors (Lipinski definition) is 2. The number of morpholine rings is 1. The van der Waals surface area contributed by atoms with E-state index in [9.17, 15) is 18.8 Å². The number of halogens is 1. The van der Waals surface area contributed by atoms with E-state index in [1.807, 2.05) is 6.08 Å². The molecule has 1 aromatic heterocycles. The normalized spacial score (nSPS) is 15.6. The third kappa shape index (κ3) is 5.64. The number of ether oxygens (including phenoxy) is 2. The summed E-state index contributed by atoms with van der Waals surface area (Å²) in [7, 11) is 0. The minimum atomic E-state index is -0.776. The number of benzene rings is 1. The van der Waals surface area contributed by atoms with Gasteiger partial charge in [0.05, 0.1) is 25.1 Å². The topological polar surface area (TPSA) is 129 Å². The second-order valence-electron chi connectivity index (χ2n) is 7.77. The minimum Gasteiger partial charge on any atom is -0.483 e. The molecular weight excluding hydrogens is 457 g/mol. The Hall–Kier alpha value is -4.25. The van der Waals surface area contributed by atoms with E-state index < -0.39 is 11.7 Å². The fourth-order valence-electron chi connectivity index (χ4n) is 3.74. The first-order chi connectivity index (χ1) is 17.0. The molecule has 11 heteroatoms. The maximum absolute atomic E-state index is 14.1. The molecule has 0 atom stereocenters. The molecule has 1 aliphatic heterocycles. The number of amides is 3. The van der Waals surface area contributed by atoms with Crippen molar-refractivity contribution in [1.82, 2.24) is 14.7 Å². The van der Waals surface area contributed by atoms with E-state index >= 15 is 0 Å². The van der Waals surface area contributed by atoms with E-state index in [0.717, 1.165) is 0 Å². The maximum Gasteiger partial charge on any atom is 0.271 e. The summed E-state index contributed by atoms with van der Waals surface area (Å²) in [6.07, 6.45) is 9.51. The zero-order valence-corrected chi connectivity index (χ0v) is 18.8. The molecule has 1 saturated heterocycles. The third-order valence-electron chi connectivity index (χ3n) is 5.50. The van der Waals surface area contributed by atoms with Crippen molar-refractivity contribution in [2.45, 2.75) is 6.42 Å². The Bertz CT molecular complexity index is 1230. The average molecular weight is 481 g/mol. The number of hydrogen-bond acceptors (Lipinski definition) is 6. The number of rotatable bonds is 8. The summed E-state index contributed by atoms with van der Waals surface area (Å²) in [4.78, 5) is 36.6. The zero-order valence-electron chi connectivity index (χ0n) is 18.8. The minimum absolute atomic E-state index is 0.0684. The highest BCUT2D eigenvalue weighted by molar-refractivity contribution is 5.98. The lowest BCUT2D eigenvalue weighted by molar-refractivity contribution is -0.137. The van der Waals surface area contributed by atoms with Gasteiger partial charge in [0.25, 0.3) is 11.8 Å². The van der Waals surface area contributed by atoms with Crippen LogP contribution in [0.15, 0.2) is 48.7 Å². The molecule has 3 amide bonds. The van der Waals surface area contributed by atoms with Crippen molar-refractivity contribution in [3.63, 3.8) is 0 Å². The monoisotopic (exact) mass is 481 g/mol. The Morgan fingerprint density at radius 2 is 2.06 bits per heavy atom. The predicted octanol–water partition coefficient (Wildman–Crippen LogP) is 1.81. The number of nitrogens with two attached hydrogens (primary N) is 1. The molecule has 2 aliphatic rings. The van der Waals surface area contributed by atoms with E-state index in [2.05, 4.69) is 10.4 Å². The van der Waals surface area contributed by atoms with Crippen LogP contribution in [0.1, 0.15) is 22.5 Å². The molecule has 1 fully saturated rings. The number of primary amides is 1. The van der Waals surface area contributed by atoms with Gasteiger partial charge < -0.3 is 25.4 Å². The lowest BCUT2D eigenvalue weighted by atomic mass is 10.0. The van der Waals surface area contributed by atoms with Crippen LogP contribution < -0.4 is 15.8 Å². The van der Waals surface area contributed by atoms with Gasteiger partial charge in [0.1, 0.15) is 11.6 Å². The average Bonchev–Trinajstić information content (AvgIpc) is 3.13. The Morgan fingerprint density at radius 1 is 1.26 bits per heavy atom. The molecule has 0 unspecified atom stereocenters. The van der Waals surface area contributed by atoms with Gasteiger partial charge in [-0.25, -0.2) is 9.07 Å². The number of aromatic nitrogens is 2. The lowest BCUT2D eigenvalue weighted by Gasteiger charge is -2.26. The summed E-state index contributed by atoms with van der Waals surface area (Å²) in [6, 6.07) is 4.11. The molecule has 0 radical (unpaired) electrons. The van der Waals surface area contributed by atoms with Crippen molar-refractivity contribution in [3.05, 3.63) is 65.8 Å². The zero-order chi connectivity index (χ0) is 24.8. The van der Waals surface area contributed by atoms with Gasteiger partial charge in [-0.15, -0.1) is 0 Å². The van der Waals surface area contributed by atoms with E-state index in [1.54, 1.807) is 23.1 Å². The highest BCUT2D eigenvalue weighted by atomic mass is 19.1. The van der Waals surface area contributed by atoms with Gasteiger partial charge in [-0.2, -0.15) is 5.10 Å². The van der Waals surface area contributed by atoms with Gasteiger partial charge in [-0.3, -0.25) is 14.4 Å². The largest absolute Gasteiger partial charge is 0.483 e. The first-order valence-electron chi connectivity index (χ1n) is 10.9. The Labute approximate surface area is 200 Å². The van der Waals surface area contributed by atoms with E-state index in [0.29, 0.717) is 61.7 Å². The van der Waals surface area contributed by atoms with Gasteiger partial charge in [0.15, 0.2) is 12.3 Å². The molecule has 182 valence electrons. The van der Waals surface area contributed by atoms with E-state index in [1.165, 1.54) is 29.1 Å². The van der Waals surface area contributed by atoms with Crippen molar-refractivity contribution >= 4 is 35.2 Å². The molecule has 3 N–H and O–H groups in total. The van der Waals surface area contributed by atoms with Crippen LogP contribution in [-0.2, 0) is 14.3 Å². The molecule has 10 nitrogen and oxygen atoms in total. The van der Waals surface area contributed by atoms with Crippen molar-refractivity contribution in [3.8, 4) is 5.75 Å². The number of nitrogens with one attached hydrogen (secondary N) is 1. The number of nitrogens with zero attached hydrogens (tertiary/aromatic N) is 3. The molecule has 2 heterocycles. The van der Waals surface area contributed by atoms with Gasteiger partial charge in [-0.1, -0.05) is 18.2 Å². The number of carbonyl (C=O) groups is 3. The SMILES string of the molecule is NC(=O)c1nn(C2=CC=C(c3cc(F)ccc3OCC(=O)N3CCOCC3)C=CC2)cc1NC=O. The molecule has 4 rings (SSSR count). The molecule has 2 aromatic rings. The summed E-state index contributed by atoms with van der Waals surface area (Å²) in [5.41, 5.74) is 7.28. The van der Waals surface area contributed by atoms with Crippen LogP contribution >= 0.6 is 0 Å². The molecule has 1 aromatic carbocycles. The summed E-state index contributed by atoms with van der Waals surface area (Å²) < 4.78 is 26.6. The molecular formula is C24H24FN5O5. The molecule has 35 heavy (non-hydrogen) atoms. The van der Waals surface area contributed by atoms with Crippen LogP contribution in [0.4, 0.5) is 10.1 Å².